The van der Waals surface area contributed by atoms with Gasteiger partial charge in [0.25, 0.3) is 0 Å². The van der Waals surface area contributed by atoms with Crippen molar-refractivity contribution in [3.05, 3.63) is 0 Å². The molecule has 1 saturated carbocycles. The maximum atomic E-state index is 11.4. The summed E-state index contributed by atoms with van der Waals surface area (Å²) in [5.74, 6) is 0.930. The van der Waals surface area contributed by atoms with Gasteiger partial charge in [0.05, 0.1) is 0 Å². The van der Waals surface area contributed by atoms with Gasteiger partial charge in [0.15, 0.2) is 0 Å². The van der Waals surface area contributed by atoms with E-state index in [1.54, 1.807) is 4.90 Å². The zero-order chi connectivity index (χ0) is 13.3. The van der Waals surface area contributed by atoms with E-state index in [4.69, 9.17) is 0 Å². The first-order chi connectivity index (χ1) is 8.38. The monoisotopic (exact) mass is 254 g/mol. The predicted octanol–water partition coefficient (Wildman–Crippen LogP) is 2.64. The summed E-state index contributed by atoms with van der Waals surface area (Å²) in [6, 6.07) is 0.193. The summed E-state index contributed by atoms with van der Waals surface area (Å²) in [6.45, 7) is 9.30. The van der Waals surface area contributed by atoms with Crippen LogP contribution in [0, 0.1) is 5.92 Å². The fourth-order valence-electron chi connectivity index (χ4n) is 3.02. The largest absolute Gasteiger partial charge is 0.465 e. The van der Waals surface area contributed by atoms with E-state index in [0.717, 1.165) is 31.8 Å². The molecule has 1 aliphatic heterocycles. The number of hydrogen-bond acceptors (Lipinski definition) is 2. The molecule has 1 amide bonds. The normalized spacial score (nSPS) is 23.1. The summed E-state index contributed by atoms with van der Waals surface area (Å²) in [4.78, 5) is 15.6. The van der Waals surface area contributed by atoms with Crippen LogP contribution < -0.4 is 0 Å². The minimum Gasteiger partial charge on any atom is -0.465 e. The molecule has 0 aromatic carbocycles. The van der Waals surface area contributed by atoms with Gasteiger partial charge in [0.1, 0.15) is 0 Å². The Labute approximate surface area is 110 Å². The van der Waals surface area contributed by atoms with E-state index in [-0.39, 0.29) is 11.6 Å². The Morgan fingerprint density at radius 2 is 1.78 bits per heavy atom. The molecular formula is C14H26N2O2. The van der Waals surface area contributed by atoms with Crippen molar-refractivity contribution >= 4 is 6.09 Å². The van der Waals surface area contributed by atoms with Gasteiger partial charge in [-0.25, -0.2) is 4.79 Å². The fraction of sp³-hybridized carbons (Fsp3) is 0.929. The van der Waals surface area contributed by atoms with E-state index < -0.39 is 6.09 Å². The molecule has 1 heterocycles. The number of piperidine rings is 1. The number of carboxylic acid groups (broad SMARTS) is 1. The lowest BCUT2D eigenvalue weighted by atomic mass is 9.97. The van der Waals surface area contributed by atoms with Crippen molar-refractivity contribution < 1.29 is 9.90 Å². The summed E-state index contributed by atoms with van der Waals surface area (Å²) in [6.07, 6.45) is 3.97. The standard InChI is InChI=1S/C14H26N2O2/c1-14(2,3)16(13(17)18)12-6-8-15(9-7-12)10-11-4-5-11/h11-12H,4-10H2,1-3H3,(H,17,18). The van der Waals surface area contributed by atoms with Gasteiger partial charge in [-0.2, -0.15) is 0 Å². The summed E-state index contributed by atoms with van der Waals surface area (Å²) in [5.41, 5.74) is -0.296. The quantitative estimate of drug-likeness (QED) is 0.842. The topological polar surface area (TPSA) is 43.8 Å². The van der Waals surface area contributed by atoms with Crippen LogP contribution in [-0.2, 0) is 0 Å². The molecule has 0 bridgehead atoms. The zero-order valence-corrected chi connectivity index (χ0v) is 11.9. The Balaban J connectivity index is 1.88. The van der Waals surface area contributed by atoms with Crippen LogP contribution in [0.3, 0.4) is 0 Å². The fourth-order valence-corrected chi connectivity index (χ4v) is 3.02. The maximum absolute atomic E-state index is 11.4. The van der Waals surface area contributed by atoms with E-state index in [2.05, 4.69) is 4.90 Å². The highest BCUT2D eigenvalue weighted by Gasteiger charge is 2.35. The Bertz CT molecular complexity index is 299. The van der Waals surface area contributed by atoms with E-state index >= 15 is 0 Å². The number of amides is 1. The lowest BCUT2D eigenvalue weighted by Crippen LogP contribution is -2.54. The minimum atomic E-state index is -0.775. The van der Waals surface area contributed by atoms with Crippen LogP contribution >= 0.6 is 0 Å². The molecule has 104 valence electrons. The Morgan fingerprint density at radius 3 is 2.17 bits per heavy atom. The third kappa shape index (κ3) is 3.37. The van der Waals surface area contributed by atoms with Crippen LogP contribution in [0.5, 0.6) is 0 Å². The summed E-state index contributed by atoms with van der Waals surface area (Å²) in [7, 11) is 0. The van der Waals surface area contributed by atoms with Crippen LogP contribution in [0.15, 0.2) is 0 Å². The first-order valence-corrected chi connectivity index (χ1v) is 7.12. The van der Waals surface area contributed by atoms with Crippen molar-refractivity contribution in [2.45, 2.75) is 58.0 Å². The third-order valence-electron chi connectivity index (χ3n) is 4.06. The predicted molar refractivity (Wildman–Crippen MR) is 71.8 cm³/mol. The highest BCUT2D eigenvalue weighted by atomic mass is 16.4. The van der Waals surface area contributed by atoms with Gasteiger partial charge in [0, 0.05) is 31.2 Å². The van der Waals surface area contributed by atoms with E-state index in [9.17, 15) is 9.90 Å². The third-order valence-corrected chi connectivity index (χ3v) is 4.06. The number of rotatable bonds is 3. The summed E-state index contributed by atoms with van der Waals surface area (Å²) in [5, 5.41) is 9.39. The smallest absolute Gasteiger partial charge is 0.407 e. The highest BCUT2D eigenvalue weighted by molar-refractivity contribution is 5.66. The van der Waals surface area contributed by atoms with Crippen molar-refractivity contribution in [2.24, 2.45) is 5.92 Å². The number of nitrogens with zero attached hydrogens (tertiary/aromatic N) is 2. The highest BCUT2D eigenvalue weighted by Crippen LogP contribution is 2.31. The molecule has 0 unspecified atom stereocenters. The van der Waals surface area contributed by atoms with Gasteiger partial charge in [-0.15, -0.1) is 0 Å². The maximum Gasteiger partial charge on any atom is 0.407 e. The second-order valence-electron chi connectivity index (χ2n) is 6.80. The summed E-state index contributed by atoms with van der Waals surface area (Å²) < 4.78 is 0. The second-order valence-corrected chi connectivity index (χ2v) is 6.80. The first kappa shape index (κ1) is 13.7. The van der Waals surface area contributed by atoms with Crippen LogP contribution in [0.2, 0.25) is 0 Å². The van der Waals surface area contributed by atoms with Gasteiger partial charge < -0.3 is 14.9 Å². The first-order valence-electron chi connectivity index (χ1n) is 7.12. The molecule has 0 aromatic heterocycles. The average molecular weight is 254 g/mol. The molecule has 0 aromatic rings. The van der Waals surface area contributed by atoms with Crippen LogP contribution in [-0.4, -0.2) is 52.2 Å². The van der Waals surface area contributed by atoms with Gasteiger partial charge in [-0.05, 0) is 52.4 Å². The van der Waals surface area contributed by atoms with Crippen LogP contribution in [0.25, 0.3) is 0 Å². The minimum absolute atomic E-state index is 0.193. The molecule has 2 rings (SSSR count). The van der Waals surface area contributed by atoms with Gasteiger partial charge >= 0.3 is 6.09 Å². The van der Waals surface area contributed by atoms with Gasteiger partial charge in [-0.3, -0.25) is 0 Å². The molecule has 1 aliphatic carbocycles. The summed E-state index contributed by atoms with van der Waals surface area (Å²) >= 11 is 0. The molecule has 4 nitrogen and oxygen atoms in total. The van der Waals surface area contributed by atoms with Crippen molar-refractivity contribution in [3.8, 4) is 0 Å². The molecule has 2 fully saturated rings. The number of carbonyl (C=O) groups is 1. The molecule has 2 aliphatic rings. The Hall–Kier alpha value is -0.770. The average Bonchev–Trinajstić information content (AvgIpc) is 3.02. The van der Waals surface area contributed by atoms with Gasteiger partial charge in [0.2, 0.25) is 0 Å². The lowest BCUT2D eigenvalue weighted by Gasteiger charge is -2.43. The lowest BCUT2D eigenvalue weighted by molar-refractivity contribution is 0.0414. The van der Waals surface area contributed by atoms with Crippen molar-refractivity contribution in [2.75, 3.05) is 19.6 Å². The molecule has 1 N–H and O–H groups in total. The second kappa shape index (κ2) is 5.08. The molecule has 18 heavy (non-hydrogen) atoms. The van der Waals surface area contributed by atoms with E-state index in [1.165, 1.54) is 19.4 Å². The Kier molecular flexibility index (Phi) is 3.85. The number of likely N-dealkylation sites (tertiary alicyclic amines) is 1. The van der Waals surface area contributed by atoms with Crippen LogP contribution in [0.1, 0.15) is 46.5 Å². The van der Waals surface area contributed by atoms with Crippen molar-refractivity contribution in [1.29, 1.82) is 0 Å². The van der Waals surface area contributed by atoms with E-state index in [0.29, 0.717) is 0 Å². The van der Waals surface area contributed by atoms with E-state index in [1.807, 2.05) is 20.8 Å². The SMILES string of the molecule is CC(C)(C)N(C(=O)O)C1CCN(CC2CC2)CC1. The van der Waals surface area contributed by atoms with Crippen LogP contribution in [0.4, 0.5) is 4.79 Å². The molecular weight excluding hydrogens is 228 g/mol. The molecule has 0 spiro atoms. The zero-order valence-electron chi connectivity index (χ0n) is 11.9. The Morgan fingerprint density at radius 1 is 1.22 bits per heavy atom. The number of hydrogen-bond donors (Lipinski definition) is 1. The molecule has 4 heteroatoms. The molecule has 0 radical (unpaired) electrons. The van der Waals surface area contributed by atoms with Crippen molar-refractivity contribution in [1.82, 2.24) is 9.80 Å². The molecule has 0 atom stereocenters. The van der Waals surface area contributed by atoms with Gasteiger partial charge in [-0.1, -0.05) is 0 Å². The van der Waals surface area contributed by atoms with Crippen molar-refractivity contribution in [3.63, 3.8) is 0 Å². The molecule has 1 saturated heterocycles.